The summed E-state index contributed by atoms with van der Waals surface area (Å²) in [6.45, 7) is 0. The maximum absolute atomic E-state index is 11.9. The fourth-order valence-electron chi connectivity index (χ4n) is 1.60. The second-order valence-electron chi connectivity index (χ2n) is 3.93. The molecule has 0 amide bonds. The topological polar surface area (TPSA) is 73.8 Å². The molecule has 0 saturated heterocycles. The van der Waals surface area contributed by atoms with E-state index in [2.05, 4.69) is 10.1 Å². The number of carbonyl (C=O) groups is 1. The molecule has 2 heterocycles. The largest absolute Gasteiger partial charge is 0.318 e. The summed E-state index contributed by atoms with van der Waals surface area (Å²) in [6, 6.07) is 3.04. The van der Waals surface area contributed by atoms with Gasteiger partial charge in [-0.15, -0.1) is 0 Å². The number of carbonyl (C=O) groups excluding carboxylic acids is 1. The number of Topliss-reactive ketones (excluding diaryl/α,β-unsaturated/α-hetero) is 1. The molecular formula is C12H14N4O. The Morgan fingerprint density at radius 3 is 2.94 bits per heavy atom. The van der Waals surface area contributed by atoms with Gasteiger partial charge in [0.05, 0.1) is 12.2 Å². The minimum atomic E-state index is -0.621. The molecule has 0 radical (unpaired) electrons. The Morgan fingerprint density at radius 1 is 1.53 bits per heavy atom. The third kappa shape index (κ3) is 2.76. The Hall–Kier alpha value is -2.01. The van der Waals surface area contributed by atoms with Crippen molar-refractivity contribution < 1.29 is 4.79 Å². The molecule has 0 bridgehead atoms. The van der Waals surface area contributed by atoms with Crippen molar-refractivity contribution in [1.82, 2.24) is 14.8 Å². The maximum Gasteiger partial charge on any atom is 0.158 e. The summed E-state index contributed by atoms with van der Waals surface area (Å²) < 4.78 is 1.63. The Balaban J connectivity index is 2.06. The molecule has 2 aromatic heterocycles. The predicted molar refractivity (Wildman–Crippen MR) is 63.1 cm³/mol. The average molecular weight is 230 g/mol. The third-order valence-corrected chi connectivity index (χ3v) is 2.53. The zero-order valence-electron chi connectivity index (χ0n) is 9.58. The number of aromatic nitrogens is 3. The van der Waals surface area contributed by atoms with Crippen molar-refractivity contribution in [3.63, 3.8) is 0 Å². The van der Waals surface area contributed by atoms with Gasteiger partial charge in [0.2, 0.25) is 0 Å². The normalized spacial score (nSPS) is 12.4. The van der Waals surface area contributed by atoms with Crippen LogP contribution in [0.2, 0.25) is 0 Å². The van der Waals surface area contributed by atoms with E-state index in [0.717, 1.165) is 11.1 Å². The van der Waals surface area contributed by atoms with E-state index in [1.165, 1.54) is 0 Å². The Morgan fingerprint density at radius 2 is 2.35 bits per heavy atom. The van der Waals surface area contributed by atoms with Crippen molar-refractivity contribution in [2.24, 2.45) is 12.8 Å². The predicted octanol–water partition coefficient (Wildman–Crippen LogP) is 0.627. The molecule has 0 spiro atoms. The fourth-order valence-corrected chi connectivity index (χ4v) is 1.60. The quantitative estimate of drug-likeness (QED) is 0.835. The first kappa shape index (κ1) is 11.5. The molecule has 88 valence electrons. The SMILES string of the molecule is Cn1cc(C(N)C(=O)Cc2cccnc2)cn1. The van der Waals surface area contributed by atoms with Crippen LogP contribution in [-0.2, 0) is 18.3 Å². The number of rotatable bonds is 4. The van der Waals surface area contributed by atoms with E-state index < -0.39 is 6.04 Å². The van der Waals surface area contributed by atoms with Crippen LogP contribution in [0.1, 0.15) is 17.2 Å². The van der Waals surface area contributed by atoms with Gasteiger partial charge >= 0.3 is 0 Å². The number of hydrogen-bond acceptors (Lipinski definition) is 4. The molecular weight excluding hydrogens is 216 g/mol. The van der Waals surface area contributed by atoms with E-state index in [1.54, 1.807) is 42.6 Å². The number of pyridine rings is 1. The van der Waals surface area contributed by atoms with Gasteiger partial charge in [-0.05, 0) is 11.6 Å². The van der Waals surface area contributed by atoms with E-state index in [9.17, 15) is 4.79 Å². The molecule has 17 heavy (non-hydrogen) atoms. The van der Waals surface area contributed by atoms with Crippen molar-refractivity contribution in [1.29, 1.82) is 0 Å². The number of nitrogens with two attached hydrogens (primary N) is 1. The lowest BCUT2D eigenvalue weighted by atomic mass is 10.0. The molecule has 1 atom stereocenters. The first-order valence-electron chi connectivity index (χ1n) is 5.32. The Labute approximate surface area is 99.3 Å². The third-order valence-electron chi connectivity index (χ3n) is 2.53. The lowest BCUT2D eigenvalue weighted by Gasteiger charge is -2.07. The summed E-state index contributed by atoms with van der Waals surface area (Å²) >= 11 is 0. The summed E-state index contributed by atoms with van der Waals surface area (Å²) in [6.07, 6.45) is 7.02. The van der Waals surface area contributed by atoms with Crippen molar-refractivity contribution in [2.75, 3.05) is 0 Å². The highest BCUT2D eigenvalue weighted by Gasteiger charge is 2.17. The van der Waals surface area contributed by atoms with Gasteiger partial charge in [-0.1, -0.05) is 6.07 Å². The second-order valence-corrected chi connectivity index (χ2v) is 3.93. The van der Waals surface area contributed by atoms with Crippen molar-refractivity contribution in [2.45, 2.75) is 12.5 Å². The first-order chi connectivity index (χ1) is 8.16. The summed E-state index contributed by atoms with van der Waals surface area (Å²) in [4.78, 5) is 15.9. The number of aryl methyl sites for hydroxylation is 1. The van der Waals surface area contributed by atoms with Crippen molar-refractivity contribution in [3.8, 4) is 0 Å². The van der Waals surface area contributed by atoms with Crippen LogP contribution in [0, 0.1) is 0 Å². The molecule has 0 fully saturated rings. The van der Waals surface area contributed by atoms with Crippen molar-refractivity contribution in [3.05, 3.63) is 48.0 Å². The van der Waals surface area contributed by atoms with Gasteiger partial charge in [0.25, 0.3) is 0 Å². The fraction of sp³-hybridized carbons (Fsp3) is 0.250. The van der Waals surface area contributed by atoms with E-state index in [4.69, 9.17) is 5.73 Å². The minimum absolute atomic E-state index is 0.0361. The lowest BCUT2D eigenvalue weighted by Crippen LogP contribution is -2.22. The highest BCUT2D eigenvalue weighted by atomic mass is 16.1. The molecule has 1 unspecified atom stereocenters. The zero-order valence-corrected chi connectivity index (χ0v) is 9.58. The number of hydrogen-bond donors (Lipinski definition) is 1. The van der Waals surface area contributed by atoms with Crippen LogP contribution in [0.3, 0.4) is 0 Å². The average Bonchev–Trinajstić information content (AvgIpc) is 2.76. The Bertz CT molecular complexity index is 506. The van der Waals surface area contributed by atoms with Gasteiger partial charge in [-0.2, -0.15) is 5.10 Å². The summed E-state index contributed by atoms with van der Waals surface area (Å²) in [5.74, 6) is -0.0361. The van der Waals surface area contributed by atoms with Crippen LogP contribution in [0.25, 0.3) is 0 Å². The highest BCUT2D eigenvalue weighted by molar-refractivity contribution is 5.86. The molecule has 0 aliphatic rings. The molecule has 2 aromatic rings. The number of ketones is 1. The molecule has 0 aliphatic heterocycles. The van der Waals surface area contributed by atoms with Gasteiger partial charge in [0.1, 0.15) is 0 Å². The standard InChI is InChI=1S/C12H14N4O/c1-16-8-10(7-15-16)12(13)11(17)5-9-3-2-4-14-6-9/h2-4,6-8,12H,5,13H2,1H3. The van der Waals surface area contributed by atoms with Crippen molar-refractivity contribution >= 4 is 5.78 Å². The highest BCUT2D eigenvalue weighted by Crippen LogP contribution is 2.12. The Kier molecular flexibility index (Phi) is 3.30. The zero-order chi connectivity index (χ0) is 12.3. The monoisotopic (exact) mass is 230 g/mol. The van der Waals surface area contributed by atoms with E-state index >= 15 is 0 Å². The molecule has 5 heteroatoms. The van der Waals surface area contributed by atoms with Crippen LogP contribution < -0.4 is 5.73 Å². The minimum Gasteiger partial charge on any atom is -0.318 e. The van der Waals surface area contributed by atoms with Gasteiger partial charge < -0.3 is 5.73 Å². The van der Waals surface area contributed by atoms with Crippen LogP contribution in [0.15, 0.2) is 36.9 Å². The van der Waals surface area contributed by atoms with E-state index in [0.29, 0.717) is 6.42 Å². The number of nitrogens with zero attached hydrogens (tertiary/aromatic N) is 3. The van der Waals surface area contributed by atoms with Gasteiger partial charge in [0.15, 0.2) is 5.78 Å². The smallest absolute Gasteiger partial charge is 0.158 e. The molecule has 2 N–H and O–H groups in total. The molecule has 0 saturated carbocycles. The first-order valence-corrected chi connectivity index (χ1v) is 5.32. The van der Waals surface area contributed by atoms with E-state index in [1.807, 2.05) is 6.07 Å². The second kappa shape index (κ2) is 4.88. The van der Waals surface area contributed by atoms with Crippen LogP contribution >= 0.6 is 0 Å². The van der Waals surface area contributed by atoms with Gasteiger partial charge in [-0.25, -0.2) is 0 Å². The molecule has 2 rings (SSSR count). The van der Waals surface area contributed by atoms with Gasteiger partial charge in [-0.3, -0.25) is 14.5 Å². The summed E-state index contributed by atoms with van der Waals surface area (Å²) in [7, 11) is 1.79. The van der Waals surface area contributed by atoms with Gasteiger partial charge in [0, 0.05) is 37.6 Å². The summed E-state index contributed by atoms with van der Waals surface area (Å²) in [5, 5.41) is 4.00. The van der Waals surface area contributed by atoms with Crippen LogP contribution in [0.5, 0.6) is 0 Å². The van der Waals surface area contributed by atoms with Crippen LogP contribution in [-0.4, -0.2) is 20.5 Å². The molecule has 0 aromatic carbocycles. The molecule has 5 nitrogen and oxygen atoms in total. The van der Waals surface area contributed by atoms with E-state index in [-0.39, 0.29) is 5.78 Å². The molecule has 0 aliphatic carbocycles. The van der Waals surface area contributed by atoms with Crippen LogP contribution in [0.4, 0.5) is 0 Å². The summed E-state index contributed by atoms with van der Waals surface area (Å²) in [5.41, 5.74) is 7.49. The lowest BCUT2D eigenvalue weighted by molar-refractivity contribution is -0.119. The maximum atomic E-state index is 11.9.